The zero-order valence-electron chi connectivity index (χ0n) is 17.0. The molecule has 146 valence electrons. The Balaban J connectivity index is 2.96. The van der Waals surface area contributed by atoms with E-state index in [1.165, 1.54) is 6.92 Å². The van der Waals surface area contributed by atoms with Gasteiger partial charge in [-0.3, -0.25) is 9.59 Å². The van der Waals surface area contributed by atoms with Crippen LogP contribution in [0.2, 0.25) is 0 Å². The summed E-state index contributed by atoms with van der Waals surface area (Å²) in [6.45, 7) is 13.6. The molecule has 0 aliphatic rings. The predicted octanol–water partition coefficient (Wildman–Crippen LogP) is 4.18. The van der Waals surface area contributed by atoms with Gasteiger partial charge in [-0.25, -0.2) is 0 Å². The summed E-state index contributed by atoms with van der Waals surface area (Å²) in [6, 6.07) is 3.88. The number of benzene rings is 1. The molecular formula is C21H32O5. The van der Waals surface area contributed by atoms with E-state index >= 15 is 0 Å². The molecule has 2 N–H and O–H groups in total. The van der Waals surface area contributed by atoms with Gasteiger partial charge in [-0.05, 0) is 40.9 Å². The normalized spacial score (nSPS) is 13.3. The SMILES string of the molecule is CC(COC(=O)CCc1cc(C(C)(C)C)c(O)c(C(C)(C)C)c1)C(=O)O. The molecule has 0 amide bonds. The lowest BCUT2D eigenvalue weighted by Gasteiger charge is -2.28. The van der Waals surface area contributed by atoms with Crippen LogP contribution in [0.3, 0.4) is 0 Å². The zero-order chi connectivity index (χ0) is 20.3. The van der Waals surface area contributed by atoms with Crippen LogP contribution in [0.5, 0.6) is 5.75 Å². The number of rotatable bonds is 6. The number of carbonyl (C=O) groups excluding carboxylic acids is 1. The Morgan fingerprint density at radius 3 is 1.88 bits per heavy atom. The van der Waals surface area contributed by atoms with E-state index in [9.17, 15) is 14.7 Å². The highest BCUT2D eigenvalue weighted by atomic mass is 16.5. The molecule has 0 heterocycles. The van der Waals surface area contributed by atoms with E-state index in [2.05, 4.69) is 0 Å². The van der Waals surface area contributed by atoms with Crippen molar-refractivity contribution in [3.8, 4) is 5.75 Å². The number of phenolic OH excluding ortho intramolecular Hbond substituents is 1. The fraction of sp³-hybridized carbons (Fsp3) is 0.619. The highest BCUT2D eigenvalue weighted by Crippen LogP contribution is 2.39. The first-order valence-corrected chi connectivity index (χ1v) is 8.98. The standard InChI is InChI=1S/C21H32O5/c1-13(19(24)25)12-26-17(22)9-8-14-10-15(20(2,3)4)18(23)16(11-14)21(5,6)7/h10-11,13,23H,8-9,12H2,1-7H3,(H,24,25). The van der Waals surface area contributed by atoms with Gasteiger partial charge in [0.1, 0.15) is 12.4 Å². The largest absolute Gasteiger partial charge is 0.507 e. The maximum Gasteiger partial charge on any atom is 0.309 e. The van der Waals surface area contributed by atoms with Crippen molar-refractivity contribution in [1.29, 1.82) is 0 Å². The number of carboxylic acids is 1. The predicted molar refractivity (Wildman–Crippen MR) is 102 cm³/mol. The lowest BCUT2D eigenvalue weighted by atomic mass is 9.78. The molecule has 0 radical (unpaired) electrons. The van der Waals surface area contributed by atoms with Crippen molar-refractivity contribution in [2.45, 2.75) is 72.1 Å². The Morgan fingerprint density at radius 2 is 1.50 bits per heavy atom. The second kappa shape index (κ2) is 8.11. The van der Waals surface area contributed by atoms with Gasteiger partial charge in [0.05, 0.1) is 5.92 Å². The number of ether oxygens (including phenoxy) is 1. The minimum absolute atomic E-state index is 0.121. The van der Waals surface area contributed by atoms with E-state index in [1.54, 1.807) is 0 Å². The fourth-order valence-corrected chi connectivity index (χ4v) is 2.59. The second-order valence-corrected chi connectivity index (χ2v) is 8.96. The van der Waals surface area contributed by atoms with E-state index < -0.39 is 17.9 Å². The van der Waals surface area contributed by atoms with Gasteiger partial charge in [-0.1, -0.05) is 53.7 Å². The van der Waals surface area contributed by atoms with Gasteiger partial charge < -0.3 is 14.9 Å². The topological polar surface area (TPSA) is 83.8 Å². The van der Waals surface area contributed by atoms with Crippen LogP contribution < -0.4 is 0 Å². The van der Waals surface area contributed by atoms with Crippen molar-refractivity contribution in [2.24, 2.45) is 5.92 Å². The van der Waals surface area contributed by atoms with Gasteiger partial charge in [0, 0.05) is 6.42 Å². The Hall–Kier alpha value is -2.04. The number of aryl methyl sites for hydroxylation is 1. The van der Waals surface area contributed by atoms with Crippen LogP contribution in [0.4, 0.5) is 0 Å². The maximum absolute atomic E-state index is 11.9. The molecule has 26 heavy (non-hydrogen) atoms. The molecule has 0 saturated carbocycles. The first-order chi connectivity index (χ1) is 11.7. The molecule has 0 bridgehead atoms. The lowest BCUT2D eigenvalue weighted by Crippen LogP contribution is -2.20. The molecule has 1 unspecified atom stereocenters. The Morgan fingerprint density at radius 1 is 1.04 bits per heavy atom. The minimum atomic E-state index is -0.985. The lowest BCUT2D eigenvalue weighted by molar-refractivity contribution is -0.150. The average molecular weight is 364 g/mol. The smallest absolute Gasteiger partial charge is 0.309 e. The summed E-state index contributed by atoms with van der Waals surface area (Å²) in [5, 5.41) is 19.5. The van der Waals surface area contributed by atoms with Crippen LogP contribution in [-0.2, 0) is 31.6 Å². The fourth-order valence-electron chi connectivity index (χ4n) is 2.59. The van der Waals surface area contributed by atoms with Crippen LogP contribution in [0.1, 0.15) is 71.6 Å². The Bertz CT molecular complexity index is 627. The number of aromatic hydroxyl groups is 1. The summed E-state index contributed by atoms with van der Waals surface area (Å²) < 4.78 is 5.04. The van der Waals surface area contributed by atoms with E-state index in [0.29, 0.717) is 12.2 Å². The number of phenols is 1. The molecule has 1 aromatic carbocycles. The van der Waals surface area contributed by atoms with Crippen LogP contribution in [0.15, 0.2) is 12.1 Å². The highest BCUT2D eigenvalue weighted by Gasteiger charge is 2.26. The molecule has 0 spiro atoms. The number of carboxylic acid groups (broad SMARTS) is 1. The van der Waals surface area contributed by atoms with Crippen LogP contribution in [0.25, 0.3) is 0 Å². The van der Waals surface area contributed by atoms with Crippen molar-refractivity contribution in [3.63, 3.8) is 0 Å². The number of aliphatic carboxylic acids is 1. The number of hydrogen-bond acceptors (Lipinski definition) is 4. The molecule has 5 heteroatoms. The van der Waals surface area contributed by atoms with E-state index in [-0.39, 0.29) is 23.9 Å². The van der Waals surface area contributed by atoms with Crippen LogP contribution >= 0.6 is 0 Å². The van der Waals surface area contributed by atoms with Gasteiger partial charge >= 0.3 is 11.9 Å². The summed E-state index contributed by atoms with van der Waals surface area (Å²) in [5.41, 5.74) is 2.22. The quantitative estimate of drug-likeness (QED) is 0.740. The minimum Gasteiger partial charge on any atom is -0.507 e. The van der Waals surface area contributed by atoms with Crippen LogP contribution in [0, 0.1) is 5.92 Å². The summed E-state index contributed by atoms with van der Waals surface area (Å²) in [7, 11) is 0. The third-order valence-electron chi connectivity index (χ3n) is 4.32. The average Bonchev–Trinajstić information content (AvgIpc) is 2.48. The summed E-state index contributed by atoms with van der Waals surface area (Å²) in [4.78, 5) is 22.7. The molecule has 1 aromatic rings. The van der Waals surface area contributed by atoms with Gasteiger partial charge in [0.25, 0.3) is 0 Å². The van der Waals surface area contributed by atoms with Gasteiger partial charge in [-0.15, -0.1) is 0 Å². The number of esters is 1. The Labute approximate surface area is 156 Å². The molecule has 0 saturated heterocycles. The summed E-state index contributed by atoms with van der Waals surface area (Å²) in [6.07, 6.45) is 0.650. The van der Waals surface area contributed by atoms with E-state index in [0.717, 1.165) is 16.7 Å². The monoisotopic (exact) mass is 364 g/mol. The Kier molecular flexibility index (Phi) is 6.86. The summed E-state index contributed by atoms with van der Waals surface area (Å²) in [5.74, 6) is -1.80. The second-order valence-electron chi connectivity index (χ2n) is 8.96. The maximum atomic E-state index is 11.9. The van der Waals surface area contributed by atoms with Crippen molar-refractivity contribution in [2.75, 3.05) is 6.61 Å². The molecule has 0 aliphatic carbocycles. The van der Waals surface area contributed by atoms with E-state index in [1.807, 2.05) is 53.7 Å². The number of carbonyl (C=O) groups is 2. The molecule has 0 aliphatic heterocycles. The number of hydrogen-bond donors (Lipinski definition) is 2. The molecule has 0 fully saturated rings. The van der Waals surface area contributed by atoms with Crippen molar-refractivity contribution >= 4 is 11.9 Å². The van der Waals surface area contributed by atoms with Gasteiger partial charge in [0.15, 0.2) is 0 Å². The van der Waals surface area contributed by atoms with Gasteiger partial charge in [0.2, 0.25) is 0 Å². The first-order valence-electron chi connectivity index (χ1n) is 8.98. The molecular weight excluding hydrogens is 332 g/mol. The van der Waals surface area contributed by atoms with Crippen LogP contribution in [-0.4, -0.2) is 28.8 Å². The van der Waals surface area contributed by atoms with E-state index in [4.69, 9.17) is 9.84 Å². The van der Waals surface area contributed by atoms with Crippen molar-refractivity contribution in [3.05, 3.63) is 28.8 Å². The van der Waals surface area contributed by atoms with Gasteiger partial charge in [-0.2, -0.15) is 0 Å². The van der Waals surface area contributed by atoms with Crippen molar-refractivity contribution in [1.82, 2.24) is 0 Å². The first kappa shape index (κ1) is 22.0. The molecule has 0 aromatic heterocycles. The molecule has 5 nitrogen and oxygen atoms in total. The molecule has 1 atom stereocenters. The molecule has 1 rings (SSSR count). The summed E-state index contributed by atoms with van der Waals surface area (Å²) >= 11 is 0. The highest BCUT2D eigenvalue weighted by molar-refractivity contribution is 5.72. The van der Waals surface area contributed by atoms with Crippen molar-refractivity contribution < 1.29 is 24.5 Å². The third-order valence-corrected chi connectivity index (χ3v) is 4.32. The zero-order valence-corrected chi connectivity index (χ0v) is 17.0. The third kappa shape index (κ3) is 6.04.